The van der Waals surface area contributed by atoms with Gasteiger partial charge < -0.3 is 10.1 Å². The molecule has 0 bridgehead atoms. The van der Waals surface area contributed by atoms with E-state index in [2.05, 4.69) is 56.6 Å². The maximum absolute atomic E-state index is 5.24. The molecule has 3 aromatic heterocycles. The van der Waals surface area contributed by atoms with Crippen LogP contribution in [-0.4, -0.2) is 31.7 Å². The van der Waals surface area contributed by atoms with Crippen LogP contribution in [0.15, 0.2) is 61.1 Å². The molecule has 136 valence electrons. The topological polar surface area (TPSA) is 77.2 Å². The lowest BCUT2D eigenvalue weighted by Gasteiger charge is -2.21. The molecular weight excluding hydrogens is 340 g/mol. The summed E-state index contributed by atoms with van der Waals surface area (Å²) in [4.78, 5) is 13.2. The minimum absolute atomic E-state index is 0.142. The van der Waals surface area contributed by atoms with Crippen LogP contribution in [0.2, 0.25) is 0 Å². The van der Waals surface area contributed by atoms with Crippen molar-refractivity contribution in [3.8, 4) is 0 Å². The summed E-state index contributed by atoms with van der Waals surface area (Å²) in [5.74, 6) is 1.30. The first kappa shape index (κ1) is 17.1. The summed E-state index contributed by atoms with van der Waals surface area (Å²) in [5, 5.41) is 7.87. The van der Waals surface area contributed by atoms with Gasteiger partial charge in [-0.1, -0.05) is 35.9 Å². The fourth-order valence-corrected chi connectivity index (χ4v) is 3.06. The van der Waals surface area contributed by atoms with Gasteiger partial charge in [0.25, 0.3) is 5.78 Å². The number of anilines is 1. The first-order valence-corrected chi connectivity index (χ1v) is 8.67. The molecule has 0 aliphatic carbocycles. The molecule has 4 rings (SSSR count). The van der Waals surface area contributed by atoms with E-state index in [0.717, 1.165) is 22.8 Å². The Bertz CT molecular complexity index is 1050. The van der Waals surface area contributed by atoms with Gasteiger partial charge in [-0.3, -0.25) is 4.98 Å². The van der Waals surface area contributed by atoms with Crippen molar-refractivity contribution in [1.82, 2.24) is 24.6 Å². The third kappa shape index (κ3) is 3.63. The van der Waals surface area contributed by atoms with Crippen LogP contribution < -0.4 is 5.32 Å². The Labute approximate surface area is 157 Å². The van der Waals surface area contributed by atoms with Gasteiger partial charge in [-0.2, -0.15) is 14.6 Å². The molecule has 0 spiro atoms. The Morgan fingerprint density at radius 2 is 2.04 bits per heavy atom. The average Bonchev–Trinajstić information content (AvgIpc) is 3.16. The van der Waals surface area contributed by atoms with E-state index >= 15 is 0 Å². The Morgan fingerprint density at radius 3 is 2.81 bits per heavy atom. The summed E-state index contributed by atoms with van der Waals surface area (Å²) in [6, 6.07) is 16.1. The molecule has 0 radical (unpaired) electrons. The molecule has 4 aromatic rings. The highest BCUT2D eigenvalue weighted by atomic mass is 16.5. The lowest BCUT2D eigenvalue weighted by molar-refractivity contribution is 0.181. The second-order valence-electron chi connectivity index (χ2n) is 6.28. The van der Waals surface area contributed by atoms with Gasteiger partial charge in [0, 0.05) is 19.4 Å². The van der Waals surface area contributed by atoms with E-state index in [9.17, 15) is 0 Å². The standard InChI is InChI=1S/C20H20N6O/c1-14-6-5-7-15(10-14)19(17-8-3-4-9-21-17)25-18-11-16(12-27-2)24-20-22-13-23-26(18)20/h3-11,13,19,25H,12H2,1-2H3. The predicted molar refractivity (Wildman–Crippen MR) is 102 cm³/mol. The lowest BCUT2D eigenvalue weighted by Crippen LogP contribution is -2.17. The molecule has 7 heteroatoms. The van der Waals surface area contributed by atoms with Gasteiger partial charge in [0.1, 0.15) is 12.1 Å². The third-order valence-electron chi connectivity index (χ3n) is 4.25. The lowest BCUT2D eigenvalue weighted by atomic mass is 10.0. The Hall–Kier alpha value is -3.32. The average molecular weight is 360 g/mol. The molecule has 0 saturated heterocycles. The second-order valence-corrected chi connectivity index (χ2v) is 6.28. The van der Waals surface area contributed by atoms with Crippen molar-refractivity contribution in [3.05, 3.63) is 83.6 Å². The fourth-order valence-electron chi connectivity index (χ4n) is 3.06. The van der Waals surface area contributed by atoms with Gasteiger partial charge in [0.05, 0.1) is 24.0 Å². The smallest absolute Gasteiger partial charge is 0.254 e. The van der Waals surface area contributed by atoms with Crippen molar-refractivity contribution >= 4 is 11.6 Å². The summed E-state index contributed by atoms with van der Waals surface area (Å²) in [6.07, 6.45) is 3.29. The number of aryl methyl sites for hydroxylation is 1. The van der Waals surface area contributed by atoms with E-state index in [1.165, 1.54) is 11.9 Å². The monoisotopic (exact) mass is 360 g/mol. The molecule has 0 aliphatic rings. The maximum Gasteiger partial charge on any atom is 0.254 e. The largest absolute Gasteiger partial charge is 0.378 e. The van der Waals surface area contributed by atoms with E-state index in [4.69, 9.17) is 4.74 Å². The number of hydrogen-bond donors (Lipinski definition) is 1. The number of ether oxygens (including phenoxy) is 1. The van der Waals surface area contributed by atoms with Crippen LogP contribution in [0, 0.1) is 6.92 Å². The quantitative estimate of drug-likeness (QED) is 0.569. The van der Waals surface area contributed by atoms with Crippen LogP contribution in [0.1, 0.15) is 28.6 Å². The molecular formula is C20H20N6O. The van der Waals surface area contributed by atoms with Gasteiger partial charge in [0.15, 0.2) is 0 Å². The summed E-state index contributed by atoms with van der Waals surface area (Å²) in [7, 11) is 1.65. The highest BCUT2D eigenvalue weighted by Crippen LogP contribution is 2.26. The second kappa shape index (κ2) is 7.51. The first-order chi connectivity index (χ1) is 13.2. The Kier molecular flexibility index (Phi) is 4.76. The van der Waals surface area contributed by atoms with Crippen molar-refractivity contribution < 1.29 is 4.74 Å². The van der Waals surface area contributed by atoms with Gasteiger partial charge in [-0.05, 0) is 24.6 Å². The molecule has 0 saturated carbocycles. The van der Waals surface area contributed by atoms with Crippen molar-refractivity contribution in [3.63, 3.8) is 0 Å². The summed E-state index contributed by atoms with van der Waals surface area (Å²) in [5.41, 5.74) is 4.01. The third-order valence-corrected chi connectivity index (χ3v) is 4.25. The van der Waals surface area contributed by atoms with Crippen molar-refractivity contribution in [1.29, 1.82) is 0 Å². The summed E-state index contributed by atoms with van der Waals surface area (Å²) >= 11 is 0. The molecule has 1 aromatic carbocycles. The molecule has 0 aliphatic heterocycles. The Balaban J connectivity index is 1.80. The van der Waals surface area contributed by atoms with E-state index in [1.807, 2.05) is 24.3 Å². The van der Waals surface area contributed by atoms with E-state index in [-0.39, 0.29) is 6.04 Å². The molecule has 0 amide bonds. The number of rotatable bonds is 6. The molecule has 7 nitrogen and oxygen atoms in total. The van der Waals surface area contributed by atoms with Crippen LogP contribution in [0.4, 0.5) is 5.82 Å². The van der Waals surface area contributed by atoms with E-state index in [0.29, 0.717) is 12.4 Å². The number of benzene rings is 1. The van der Waals surface area contributed by atoms with Gasteiger partial charge in [-0.15, -0.1) is 0 Å². The summed E-state index contributed by atoms with van der Waals surface area (Å²) < 4.78 is 6.92. The first-order valence-electron chi connectivity index (χ1n) is 8.67. The van der Waals surface area contributed by atoms with Crippen LogP contribution in [0.3, 0.4) is 0 Å². The molecule has 1 unspecified atom stereocenters. The number of methoxy groups -OCH3 is 1. The van der Waals surface area contributed by atoms with Crippen molar-refractivity contribution in [2.45, 2.75) is 19.6 Å². The molecule has 3 heterocycles. The number of nitrogens with zero attached hydrogens (tertiary/aromatic N) is 5. The highest BCUT2D eigenvalue weighted by molar-refractivity contribution is 5.49. The molecule has 1 atom stereocenters. The minimum Gasteiger partial charge on any atom is -0.378 e. The van der Waals surface area contributed by atoms with E-state index in [1.54, 1.807) is 17.8 Å². The van der Waals surface area contributed by atoms with E-state index < -0.39 is 0 Å². The highest BCUT2D eigenvalue weighted by Gasteiger charge is 2.18. The van der Waals surface area contributed by atoms with Crippen LogP contribution >= 0.6 is 0 Å². The maximum atomic E-state index is 5.24. The van der Waals surface area contributed by atoms with Gasteiger partial charge >= 0.3 is 0 Å². The SMILES string of the molecule is COCc1cc(NC(c2cccc(C)c2)c2ccccn2)n2ncnc2n1. The molecule has 1 N–H and O–H groups in total. The van der Waals surface area contributed by atoms with Crippen LogP contribution in [0.5, 0.6) is 0 Å². The number of aromatic nitrogens is 5. The zero-order chi connectivity index (χ0) is 18.6. The van der Waals surface area contributed by atoms with Crippen molar-refractivity contribution in [2.75, 3.05) is 12.4 Å². The number of hydrogen-bond acceptors (Lipinski definition) is 6. The summed E-state index contributed by atoms with van der Waals surface area (Å²) in [6.45, 7) is 2.48. The zero-order valence-electron chi connectivity index (χ0n) is 15.2. The van der Waals surface area contributed by atoms with Crippen LogP contribution in [-0.2, 0) is 11.3 Å². The normalized spacial score (nSPS) is 12.2. The zero-order valence-corrected chi connectivity index (χ0v) is 15.2. The molecule has 27 heavy (non-hydrogen) atoms. The number of nitrogens with one attached hydrogen (secondary N) is 1. The minimum atomic E-state index is -0.142. The number of pyridine rings is 1. The van der Waals surface area contributed by atoms with Gasteiger partial charge in [0.2, 0.25) is 0 Å². The molecule has 0 fully saturated rings. The number of fused-ring (bicyclic) bond motifs is 1. The van der Waals surface area contributed by atoms with Crippen molar-refractivity contribution in [2.24, 2.45) is 0 Å². The van der Waals surface area contributed by atoms with Gasteiger partial charge in [-0.25, -0.2) is 4.98 Å². The predicted octanol–water partition coefficient (Wildman–Crippen LogP) is 3.18. The van der Waals surface area contributed by atoms with Crippen LogP contribution in [0.25, 0.3) is 5.78 Å². The Morgan fingerprint density at radius 1 is 1.11 bits per heavy atom. The fraction of sp³-hybridized carbons (Fsp3) is 0.200.